The van der Waals surface area contributed by atoms with Gasteiger partial charge in [0.25, 0.3) is 5.91 Å². The van der Waals surface area contributed by atoms with Crippen molar-refractivity contribution in [3.63, 3.8) is 0 Å². The molecule has 2 aliphatic heterocycles. The van der Waals surface area contributed by atoms with Crippen LogP contribution in [0.15, 0.2) is 36.4 Å². The Bertz CT molecular complexity index is 717. The summed E-state index contributed by atoms with van der Waals surface area (Å²) in [4.78, 5) is 16.3. The van der Waals surface area contributed by atoms with Crippen molar-refractivity contribution in [2.75, 3.05) is 19.6 Å². The number of rotatable bonds is 3. The van der Waals surface area contributed by atoms with Crippen molar-refractivity contribution in [2.45, 2.75) is 18.9 Å². The minimum Gasteiger partial charge on any atom is -0.347 e. The molecule has 1 unspecified atom stereocenters. The molecule has 2 fully saturated rings. The highest BCUT2D eigenvalue weighted by Gasteiger charge is 2.33. The van der Waals surface area contributed by atoms with E-state index in [0.29, 0.717) is 10.4 Å². The number of carbonyl (C=O) groups is 1. The second-order valence-corrected chi connectivity index (χ2v) is 7.55. The van der Waals surface area contributed by atoms with Crippen molar-refractivity contribution in [1.29, 1.82) is 0 Å². The third kappa shape index (κ3) is 3.03. The van der Waals surface area contributed by atoms with Crippen LogP contribution in [0.1, 0.15) is 22.5 Å². The van der Waals surface area contributed by atoms with E-state index < -0.39 is 0 Å². The van der Waals surface area contributed by atoms with Gasteiger partial charge in [-0.2, -0.15) is 0 Å². The first-order chi connectivity index (χ1) is 11.2. The topological polar surface area (TPSA) is 32.3 Å². The van der Waals surface area contributed by atoms with Crippen molar-refractivity contribution in [1.82, 2.24) is 10.2 Å². The Morgan fingerprint density at radius 2 is 2.09 bits per heavy atom. The van der Waals surface area contributed by atoms with E-state index in [0.717, 1.165) is 30.3 Å². The van der Waals surface area contributed by atoms with Crippen LogP contribution in [0.2, 0.25) is 0 Å². The summed E-state index contributed by atoms with van der Waals surface area (Å²) in [5.41, 5.74) is 0.554. The normalized spacial score (nSPS) is 26.2. The molecule has 23 heavy (non-hydrogen) atoms. The van der Waals surface area contributed by atoms with Gasteiger partial charge in [0.2, 0.25) is 0 Å². The first-order valence-electron chi connectivity index (χ1n) is 8.07. The molecule has 3 nitrogen and oxygen atoms in total. The van der Waals surface area contributed by atoms with Crippen LogP contribution in [0.25, 0.3) is 10.4 Å². The van der Waals surface area contributed by atoms with Gasteiger partial charge >= 0.3 is 0 Å². The van der Waals surface area contributed by atoms with E-state index in [2.05, 4.69) is 10.2 Å². The van der Waals surface area contributed by atoms with Crippen LogP contribution in [0.4, 0.5) is 4.39 Å². The number of amides is 1. The summed E-state index contributed by atoms with van der Waals surface area (Å²) in [6, 6.07) is 10.5. The monoisotopic (exact) mass is 330 g/mol. The lowest BCUT2D eigenvalue weighted by atomic mass is 9.97. The number of thiophene rings is 1. The van der Waals surface area contributed by atoms with Gasteiger partial charge in [0.15, 0.2) is 0 Å². The first-order valence-corrected chi connectivity index (χ1v) is 8.88. The quantitative estimate of drug-likeness (QED) is 0.936. The Morgan fingerprint density at radius 3 is 2.91 bits per heavy atom. The fourth-order valence-corrected chi connectivity index (χ4v) is 4.62. The molecule has 3 atom stereocenters. The Kier molecular flexibility index (Phi) is 3.91. The molecular formula is C18H19FN2OS. The number of piperidine rings is 1. The van der Waals surface area contributed by atoms with E-state index in [-0.39, 0.29) is 17.8 Å². The number of hydrogen-bond donors (Lipinski definition) is 1. The predicted octanol–water partition coefficient (Wildman–Crippen LogP) is 3.38. The maximum absolute atomic E-state index is 13.9. The van der Waals surface area contributed by atoms with E-state index in [4.69, 9.17) is 0 Å². The first kappa shape index (κ1) is 14.8. The molecule has 4 rings (SSSR count). The number of hydrogen-bond acceptors (Lipinski definition) is 3. The number of halogens is 1. The van der Waals surface area contributed by atoms with Crippen LogP contribution in [0, 0.1) is 11.7 Å². The van der Waals surface area contributed by atoms with E-state index >= 15 is 0 Å². The zero-order valence-electron chi connectivity index (χ0n) is 12.8. The van der Waals surface area contributed by atoms with Crippen LogP contribution in [-0.2, 0) is 0 Å². The molecule has 120 valence electrons. The van der Waals surface area contributed by atoms with Crippen molar-refractivity contribution in [2.24, 2.45) is 5.92 Å². The summed E-state index contributed by atoms with van der Waals surface area (Å²) in [6.07, 6.45) is 2.33. The van der Waals surface area contributed by atoms with E-state index in [1.165, 1.54) is 30.4 Å². The van der Waals surface area contributed by atoms with E-state index in [1.807, 2.05) is 12.1 Å². The molecule has 0 saturated carbocycles. The minimum atomic E-state index is -0.252. The number of benzene rings is 1. The largest absolute Gasteiger partial charge is 0.347 e. The fraction of sp³-hybridized carbons (Fsp3) is 0.389. The van der Waals surface area contributed by atoms with E-state index in [1.54, 1.807) is 18.2 Å². The van der Waals surface area contributed by atoms with Gasteiger partial charge in [0, 0.05) is 29.6 Å². The molecule has 0 aliphatic carbocycles. The lowest BCUT2D eigenvalue weighted by molar-refractivity contribution is 0.0913. The smallest absolute Gasteiger partial charge is 0.261 e. The van der Waals surface area contributed by atoms with E-state index in [9.17, 15) is 9.18 Å². The van der Waals surface area contributed by atoms with Gasteiger partial charge in [0.05, 0.1) is 4.88 Å². The number of nitrogens with one attached hydrogen (secondary N) is 1. The molecule has 0 spiro atoms. The van der Waals surface area contributed by atoms with Crippen LogP contribution in [0.3, 0.4) is 0 Å². The highest BCUT2D eigenvalue weighted by atomic mass is 32.1. The lowest BCUT2D eigenvalue weighted by Crippen LogP contribution is -2.46. The summed E-state index contributed by atoms with van der Waals surface area (Å²) in [5, 5.41) is 3.15. The molecule has 3 heterocycles. The molecular weight excluding hydrogens is 311 g/mol. The van der Waals surface area contributed by atoms with Gasteiger partial charge in [-0.15, -0.1) is 11.3 Å². The average molecular weight is 330 g/mol. The number of nitrogens with zero attached hydrogens (tertiary/aromatic N) is 1. The van der Waals surface area contributed by atoms with Crippen molar-refractivity contribution in [3.05, 3.63) is 47.1 Å². The predicted molar refractivity (Wildman–Crippen MR) is 90.1 cm³/mol. The lowest BCUT2D eigenvalue weighted by Gasteiger charge is -2.30. The Labute approximate surface area is 139 Å². The van der Waals surface area contributed by atoms with Gasteiger partial charge in [-0.25, -0.2) is 4.39 Å². The molecule has 2 saturated heterocycles. The Hall–Kier alpha value is -1.72. The maximum atomic E-state index is 13.9. The van der Waals surface area contributed by atoms with Gasteiger partial charge in [0.1, 0.15) is 5.82 Å². The summed E-state index contributed by atoms with van der Waals surface area (Å²) in [7, 11) is 0. The summed E-state index contributed by atoms with van der Waals surface area (Å²) < 4.78 is 13.9. The third-order valence-electron chi connectivity index (χ3n) is 4.77. The second-order valence-electron chi connectivity index (χ2n) is 6.46. The van der Waals surface area contributed by atoms with Crippen molar-refractivity contribution >= 4 is 17.2 Å². The Morgan fingerprint density at radius 1 is 1.22 bits per heavy atom. The zero-order valence-corrected chi connectivity index (χ0v) is 13.6. The molecule has 1 aromatic carbocycles. The van der Waals surface area contributed by atoms with Crippen LogP contribution in [-0.4, -0.2) is 36.5 Å². The maximum Gasteiger partial charge on any atom is 0.261 e. The molecule has 1 N–H and O–H groups in total. The van der Waals surface area contributed by atoms with Gasteiger partial charge in [-0.1, -0.05) is 18.2 Å². The van der Waals surface area contributed by atoms with Gasteiger partial charge in [-0.05, 0) is 43.5 Å². The fourth-order valence-electron chi connectivity index (χ4n) is 3.69. The summed E-state index contributed by atoms with van der Waals surface area (Å²) in [5.74, 6) is 0.439. The van der Waals surface area contributed by atoms with Crippen LogP contribution >= 0.6 is 11.3 Å². The van der Waals surface area contributed by atoms with Gasteiger partial charge < -0.3 is 10.2 Å². The van der Waals surface area contributed by atoms with Gasteiger partial charge in [-0.3, -0.25) is 4.79 Å². The zero-order chi connectivity index (χ0) is 15.8. The summed E-state index contributed by atoms with van der Waals surface area (Å²) >= 11 is 1.35. The van der Waals surface area contributed by atoms with Crippen LogP contribution in [0.5, 0.6) is 0 Å². The second kappa shape index (κ2) is 6.06. The molecule has 2 aromatic rings. The highest BCUT2D eigenvalue weighted by molar-refractivity contribution is 7.17. The minimum absolute atomic E-state index is 0.0370. The van der Waals surface area contributed by atoms with Crippen molar-refractivity contribution < 1.29 is 9.18 Å². The highest BCUT2D eigenvalue weighted by Crippen LogP contribution is 2.31. The molecule has 1 amide bonds. The molecule has 5 heteroatoms. The molecule has 2 bridgehead atoms. The molecule has 0 radical (unpaired) electrons. The molecule has 2 aliphatic rings. The number of fused-ring (bicyclic) bond motifs is 2. The number of carbonyl (C=O) groups excluding carboxylic acids is 1. The molecule has 1 aromatic heterocycles. The van der Waals surface area contributed by atoms with Crippen LogP contribution < -0.4 is 5.32 Å². The summed E-state index contributed by atoms with van der Waals surface area (Å²) in [6.45, 7) is 3.30. The average Bonchev–Trinajstić information content (AvgIpc) is 3.15. The Balaban J connectivity index is 1.46. The van der Waals surface area contributed by atoms with Crippen molar-refractivity contribution in [3.8, 4) is 10.4 Å². The standard InChI is InChI=1S/C18H19FN2OS/c19-15-4-2-1-3-14(15)16-5-6-17(23-16)18(22)20-13-9-12-7-8-21(10-12)11-13/h1-6,12-13H,7-11H2,(H,20,22)/t12-,13+/m1/s1. The SMILES string of the molecule is O=C(N[C@H]1C[C@H]2CCN(C2)C1)c1ccc(-c2ccccc2F)s1. The third-order valence-corrected chi connectivity index (χ3v) is 5.89.